The summed E-state index contributed by atoms with van der Waals surface area (Å²) >= 11 is 1.59. The highest BCUT2D eigenvalue weighted by Crippen LogP contribution is 2.28. The largest absolute Gasteiger partial charge is 0.468 e. The van der Waals surface area contributed by atoms with E-state index >= 15 is 0 Å². The molecule has 0 radical (unpaired) electrons. The van der Waals surface area contributed by atoms with Crippen molar-refractivity contribution >= 4 is 17.7 Å². The summed E-state index contributed by atoms with van der Waals surface area (Å²) in [4.78, 5) is 11.4. The summed E-state index contributed by atoms with van der Waals surface area (Å²) in [6.45, 7) is 3.76. The Labute approximate surface area is 95.0 Å². The lowest BCUT2D eigenvalue weighted by Crippen LogP contribution is -2.29. The molecule has 0 N–H and O–H groups in total. The van der Waals surface area contributed by atoms with Gasteiger partial charge in [-0.1, -0.05) is 30.3 Å². The molecule has 1 aromatic rings. The number of hydrogen-bond donors (Lipinski definition) is 0. The predicted octanol–water partition coefficient (Wildman–Crippen LogP) is 2.87. The number of thioether (sulfide) groups is 1. The van der Waals surface area contributed by atoms with Crippen molar-refractivity contribution in [2.75, 3.05) is 7.11 Å². The van der Waals surface area contributed by atoms with Gasteiger partial charge in [0.15, 0.2) is 0 Å². The molecule has 1 rings (SSSR count). The average molecular weight is 224 g/mol. The van der Waals surface area contributed by atoms with Crippen LogP contribution in [0, 0.1) is 0 Å². The number of esters is 1. The summed E-state index contributed by atoms with van der Waals surface area (Å²) in [5, 5.41) is 0. The average Bonchev–Trinajstić information content (AvgIpc) is 2.27. The molecule has 0 amide bonds. The van der Waals surface area contributed by atoms with Crippen LogP contribution >= 0.6 is 11.8 Å². The van der Waals surface area contributed by atoms with E-state index in [1.54, 1.807) is 11.8 Å². The van der Waals surface area contributed by atoms with E-state index in [9.17, 15) is 4.79 Å². The van der Waals surface area contributed by atoms with Crippen LogP contribution in [0.15, 0.2) is 30.3 Å². The molecular weight excluding hydrogens is 208 g/mol. The van der Waals surface area contributed by atoms with Crippen LogP contribution in [-0.2, 0) is 15.3 Å². The van der Waals surface area contributed by atoms with Gasteiger partial charge in [0.05, 0.1) is 7.11 Å². The highest BCUT2D eigenvalue weighted by Gasteiger charge is 2.28. The normalized spacial score (nSPS) is 11.1. The molecule has 0 aliphatic rings. The zero-order valence-electron chi connectivity index (χ0n) is 9.32. The smallest absolute Gasteiger partial charge is 0.321 e. The van der Waals surface area contributed by atoms with E-state index < -0.39 is 4.75 Å². The van der Waals surface area contributed by atoms with Crippen LogP contribution in [0.5, 0.6) is 0 Å². The van der Waals surface area contributed by atoms with Gasteiger partial charge in [-0.05, 0) is 19.4 Å². The fourth-order valence-electron chi connectivity index (χ4n) is 1.14. The van der Waals surface area contributed by atoms with E-state index in [2.05, 4.69) is 12.1 Å². The Hall–Kier alpha value is -0.960. The van der Waals surface area contributed by atoms with Crippen LogP contribution in [0.2, 0.25) is 0 Å². The maximum atomic E-state index is 11.4. The molecule has 0 fully saturated rings. The van der Waals surface area contributed by atoms with Crippen molar-refractivity contribution < 1.29 is 9.53 Å². The number of carbonyl (C=O) groups is 1. The van der Waals surface area contributed by atoms with Gasteiger partial charge < -0.3 is 4.74 Å². The van der Waals surface area contributed by atoms with Gasteiger partial charge in [-0.15, -0.1) is 11.8 Å². The van der Waals surface area contributed by atoms with Crippen molar-refractivity contribution in [3.63, 3.8) is 0 Å². The lowest BCUT2D eigenvalue weighted by Gasteiger charge is -2.20. The first-order valence-electron chi connectivity index (χ1n) is 4.82. The first kappa shape index (κ1) is 12.1. The SMILES string of the molecule is COC(=O)C(C)(C)SCc1ccccc1. The fraction of sp³-hybridized carbons (Fsp3) is 0.417. The van der Waals surface area contributed by atoms with Crippen LogP contribution in [0.25, 0.3) is 0 Å². The van der Waals surface area contributed by atoms with Crippen molar-refractivity contribution in [3.8, 4) is 0 Å². The molecule has 0 atom stereocenters. The number of ether oxygens (including phenoxy) is 1. The van der Waals surface area contributed by atoms with Crippen LogP contribution in [0.3, 0.4) is 0 Å². The van der Waals surface area contributed by atoms with Gasteiger partial charge in [0.1, 0.15) is 4.75 Å². The second-order valence-electron chi connectivity index (χ2n) is 3.78. The van der Waals surface area contributed by atoms with Crippen molar-refractivity contribution in [2.24, 2.45) is 0 Å². The third kappa shape index (κ3) is 3.59. The monoisotopic (exact) mass is 224 g/mol. The Morgan fingerprint density at radius 1 is 1.33 bits per heavy atom. The zero-order valence-corrected chi connectivity index (χ0v) is 10.1. The van der Waals surface area contributed by atoms with Gasteiger partial charge in [-0.2, -0.15) is 0 Å². The fourth-order valence-corrected chi connectivity index (χ4v) is 2.06. The Morgan fingerprint density at radius 2 is 1.93 bits per heavy atom. The first-order valence-corrected chi connectivity index (χ1v) is 5.81. The highest BCUT2D eigenvalue weighted by atomic mass is 32.2. The van der Waals surface area contributed by atoms with E-state index in [0.29, 0.717) is 0 Å². The molecule has 0 aliphatic carbocycles. The van der Waals surface area contributed by atoms with Crippen LogP contribution in [-0.4, -0.2) is 17.8 Å². The summed E-state index contributed by atoms with van der Waals surface area (Å²) in [6.07, 6.45) is 0. The van der Waals surface area contributed by atoms with E-state index in [1.165, 1.54) is 12.7 Å². The molecule has 3 heteroatoms. The summed E-state index contributed by atoms with van der Waals surface area (Å²) in [5.74, 6) is 0.645. The van der Waals surface area contributed by atoms with Crippen LogP contribution < -0.4 is 0 Å². The molecule has 0 bridgehead atoms. The van der Waals surface area contributed by atoms with Gasteiger partial charge in [0.25, 0.3) is 0 Å². The first-order chi connectivity index (χ1) is 7.06. The molecule has 0 aliphatic heterocycles. The van der Waals surface area contributed by atoms with E-state index in [4.69, 9.17) is 4.74 Å². The topological polar surface area (TPSA) is 26.3 Å². The summed E-state index contributed by atoms with van der Waals surface area (Å²) in [6, 6.07) is 10.1. The Kier molecular flexibility index (Phi) is 4.21. The van der Waals surface area contributed by atoms with Gasteiger partial charge >= 0.3 is 5.97 Å². The minimum absolute atomic E-state index is 0.177. The number of carbonyl (C=O) groups excluding carboxylic acids is 1. The highest BCUT2D eigenvalue weighted by molar-refractivity contribution is 8.00. The zero-order chi connectivity index (χ0) is 11.3. The Morgan fingerprint density at radius 3 is 2.47 bits per heavy atom. The number of rotatable bonds is 4. The minimum atomic E-state index is -0.482. The van der Waals surface area contributed by atoms with Crippen LogP contribution in [0.1, 0.15) is 19.4 Å². The Balaban J connectivity index is 2.53. The second-order valence-corrected chi connectivity index (χ2v) is 5.37. The van der Waals surface area contributed by atoms with E-state index in [-0.39, 0.29) is 5.97 Å². The van der Waals surface area contributed by atoms with Gasteiger partial charge in [0, 0.05) is 5.75 Å². The maximum Gasteiger partial charge on any atom is 0.321 e. The van der Waals surface area contributed by atoms with Gasteiger partial charge in [0.2, 0.25) is 0 Å². The molecule has 82 valence electrons. The summed E-state index contributed by atoms with van der Waals surface area (Å²) in [7, 11) is 1.42. The molecule has 0 unspecified atom stereocenters. The van der Waals surface area contributed by atoms with Crippen molar-refractivity contribution in [1.82, 2.24) is 0 Å². The predicted molar refractivity (Wildman–Crippen MR) is 63.8 cm³/mol. The number of hydrogen-bond acceptors (Lipinski definition) is 3. The van der Waals surface area contributed by atoms with Crippen molar-refractivity contribution in [2.45, 2.75) is 24.3 Å². The van der Waals surface area contributed by atoms with E-state index in [0.717, 1.165) is 5.75 Å². The lowest BCUT2D eigenvalue weighted by atomic mass is 10.2. The molecule has 0 aromatic heterocycles. The third-order valence-corrected chi connectivity index (χ3v) is 3.49. The summed E-state index contributed by atoms with van der Waals surface area (Å²) in [5.41, 5.74) is 1.22. The Bertz CT molecular complexity index is 320. The van der Waals surface area contributed by atoms with Crippen molar-refractivity contribution in [3.05, 3.63) is 35.9 Å². The quantitative estimate of drug-likeness (QED) is 0.736. The second kappa shape index (κ2) is 5.21. The molecule has 15 heavy (non-hydrogen) atoms. The molecule has 0 spiro atoms. The van der Waals surface area contributed by atoms with E-state index in [1.807, 2.05) is 32.0 Å². The molecule has 0 heterocycles. The molecular formula is C12H16O2S. The van der Waals surface area contributed by atoms with Crippen LogP contribution in [0.4, 0.5) is 0 Å². The van der Waals surface area contributed by atoms with Gasteiger partial charge in [-0.25, -0.2) is 0 Å². The lowest BCUT2D eigenvalue weighted by molar-refractivity contribution is -0.142. The standard InChI is InChI=1S/C12H16O2S/c1-12(2,11(13)14-3)15-9-10-7-5-4-6-8-10/h4-8H,9H2,1-3H3. The number of methoxy groups -OCH3 is 1. The number of benzene rings is 1. The van der Waals surface area contributed by atoms with Crippen molar-refractivity contribution in [1.29, 1.82) is 0 Å². The maximum absolute atomic E-state index is 11.4. The molecule has 0 saturated carbocycles. The minimum Gasteiger partial charge on any atom is -0.468 e. The molecule has 0 saturated heterocycles. The molecule has 1 aromatic carbocycles. The summed E-state index contributed by atoms with van der Waals surface area (Å²) < 4.78 is 4.26. The molecule has 2 nitrogen and oxygen atoms in total. The van der Waals surface area contributed by atoms with Gasteiger partial charge in [-0.3, -0.25) is 4.79 Å². The third-order valence-electron chi connectivity index (χ3n) is 2.12.